The maximum absolute atomic E-state index is 13.7. The van der Waals surface area contributed by atoms with Crippen LogP contribution in [0, 0.1) is 17.7 Å². The Kier molecular flexibility index (Phi) is 6.46. The second-order valence-electron chi connectivity index (χ2n) is 11.5. The zero-order valence-electron chi connectivity index (χ0n) is 23.6. The third-order valence-electron chi connectivity index (χ3n) is 7.88. The van der Waals surface area contributed by atoms with Crippen LogP contribution in [0.1, 0.15) is 35.5 Å². The first kappa shape index (κ1) is 26.8. The number of carbonyl (C=O) groups excluding carboxylic acids is 1. The van der Waals surface area contributed by atoms with Gasteiger partial charge in [-0.25, -0.2) is 24.0 Å². The number of ether oxygens (including phenoxy) is 1. The summed E-state index contributed by atoms with van der Waals surface area (Å²) in [7, 11) is 0. The Morgan fingerprint density at radius 2 is 1.74 bits per heavy atom. The van der Waals surface area contributed by atoms with Gasteiger partial charge in [-0.3, -0.25) is 4.79 Å². The van der Waals surface area contributed by atoms with Crippen molar-refractivity contribution in [3.05, 3.63) is 96.1 Å². The Morgan fingerprint density at radius 1 is 1.05 bits per heavy atom. The number of pyridine rings is 1. The average Bonchev–Trinajstić information content (AvgIpc) is 3.51. The minimum atomic E-state index is -0.628. The molecule has 5 heterocycles. The van der Waals surface area contributed by atoms with Gasteiger partial charge in [-0.05, 0) is 55.8 Å². The van der Waals surface area contributed by atoms with Gasteiger partial charge in [-0.1, -0.05) is 0 Å². The third kappa shape index (κ3) is 5.34. The molecule has 2 unspecified atom stereocenters. The molecule has 0 radical (unpaired) electrons. The van der Waals surface area contributed by atoms with Crippen LogP contribution >= 0.6 is 0 Å². The van der Waals surface area contributed by atoms with E-state index < -0.39 is 5.54 Å². The molecule has 1 amide bonds. The number of benzene rings is 1. The molecule has 2 fully saturated rings. The van der Waals surface area contributed by atoms with Crippen molar-refractivity contribution in [2.75, 3.05) is 13.1 Å². The van der Waals surface area contributed by atoms with Crippen LogP contribution in [0.3, 0.4) is 0 Å². The molecule has 1 aromatic carbocycles. The van der Waals surface area contributed by atoms with Gasteiger partial charge in [0.15, 0.2) is 0 Å². The van der Waals surface area contributed by atoms with Crippen LogP contribution in [0.5, 0.6) is 5.88 Å². The van der Waals surface area contributed by atoms with E-state index in [4.69, 9.17) is 15.5 Å². The Bertz CT molecular complexity index is 1760. The van der Waals surface area contributed by atoms with E-state index in [0.717, 1.165) is 11.1 Å². The van der Waals surface area contributed by atoms with Gasteiger partial charge in [0.2, 0.25) is 11.8 Å². The maximum Gasteiger partial charge on any atom is 0.257 e. The smallest absolute Gasteiger partial charge is 0.257 e. The fourth-order valence-electron chi connectivity index (χ4n) is 5.50. The van der Waals surface area contributed by atoms with Crippen molar-refractivity contribution in [3.8, 4) is 23.1 Å². The number of likely N-dealkylation sites (tertiary alicyclic amines) is 1. The number of carbonyl (C=O) groups is 1. The van der Waals surface area contributed by atoms with E-state index in [9.17, 15) is 9.18 Å². The van der Waals surface area contributed by atoms with E-state index in [1.165, 1.54) is 21.6 Å². The van der Waals surface area contributed by atoms with Crippen LogP contribution < -0.4 is 10.5 Å². The summed E-state index contributed by atoms with van der Waals surface area (Å²) in [6, 6.07) is 11.7. The van der Waals surface area contributed by atoms with E-state index >= 15 is 0 Å². The molecule has 1 aliphatic carbocycles. The fourth-order valence-corrected chi connectivity index (χ4v) is 5.50. The number of aromatic nitrogens is 8. The minimum Gasteiger partial charge on any atom is -0.474 e. The summed E-state index contributed by atoms with van der Waals surface area (Å²) < 4.78 is 21.4. The summed E-state index contributed by atoms with van der Waals surface area (Å²) in [5.41, 5.74) is 9.07. The van der Waals surface area contributed by atoms with E-state index in [2.05, 4.69) is 25.3 Å². The van der Waals surface area contributed by atoms with Gasteiger partial charge in [0, 0.05) is 60.7 Å². The molecule has 1 saturated heterocycles. The van der Waals surface area contributed by atoms with Gasteiger partial charge in [0.05, 0.1) is 29.3 Å². The van der Waals surface area contributed by atoms with Crippen molar-refractivity contribution in [2.24, 2.45) is 17.6 Å². The van der Waals surface area contributed by atoms with Gasteiger partial charge in [0.1, 0.15) is 18.5 Å². The Hall–Kier alpha value is -5.04. The van der Waals surface area contributed by atoms with Crippen LogP contribution in [0.15, 0.2) is 73.4 Å². The lowest BCUT2D eigenvalue weighted by Crippen LogP contribution is -2.34. The predicted octanol–water partition coefficient (Wildman–Crippen LogP) is 2.85. The third-order valence-corrected chi connectivity index (χ3v) is 7.88. The number of hydrogen-bond donors (Lipinski definition) is 1. The molecule has 12 nitrogen and oxygen atoms in total. The maximum atomic E-state index is 13.7. The summed E-state index contributed by atoms with van der Waals surface area (Å²) >= 11 is 0. The molecular weight excluding hydrogens is 551 g/mol. The van der Waals surface area contributed by atoms with E-state index in [1.54, 1.807) is 49.2 Å². The molecule has 2 aliphatic rings. The van der Waals surface area contributed by atoms with Gasteiger partial charge in [0.25, 0.3) is 5.91 Å². The van der Waals surface area contributed by atoms with Gasteiger partial charge >= 0.3 is 0 Å². The monoisotopic (exact) mass is 580 g/mol. The molecule has 0 bridgehead atoms. The Morgan fingerprint density at radius 3 is 2.42 bits per heavy atom. The highest BCUT2D eigenvalue weighted by Gasteiger charge is 2.59. The van der Waals surface area contributed by atoms with E-state index in [0.29, 0.717) is 41.9 Å². The summed E-state index contributed by atoms with van der Waals surface area (Å²) in [5.74, 6) is 0.747. The second-order valence-corrected chi connectivity index (χ2v) is 11.5. The lowest BCUT2D eigenvalue weighted by molar-refractivity contribution is 0.0750. The molecule has 5 aromatic rings. The molecule has 218 valence electrons. The number of rotatable bonds is 8. The van der Waals surface area contributed by atoms with Gasteiger partial charge in [-0.15, -0.1) is 0 Å². The number of nitrogens with two attached hydrogens (primary N) is 1. The predicted molar refractivity (Wildman–Crippen MR) is 152 cm³/mol. The fraction of sp³-hybridized carbons (Fsp3) is 0.300. The molecule has 2 N–H and O–H groups in total. The van der Waals surface area contributed by atoms with Crippen molar-refractivity contribution in [1.29, 1.82) is 0 Å². The van der Waals surface area contributed by atoms with Crippen LogP contribution in [0.25, 0.3) is 17.2 Å². The lowest BCUT2D eigenvalue weighted by Gasteiger charge is -2.22. The standard InChI is InChI=1S/C30H29FN10O2/c1-30(2,32)19-12-24(18-4-6-20(31)7-5-18)37-26(13-19)43-27-21-14-39(15-22(21)27)28(42)23-16-40(29-33-8-3-9-34-29)38-25(23)17-41-35-10-11-36-41/h3-13,16,21-22,27H,14-15,17,32H2,1-2H3/t21-,22?,27?/m1/s1. The molecule has 1 aliphatic heterocycles. The molecule has 13 heteroatoms. The molecular formula is C30H29FN10O2. The van der Waals surface area contributed by atoms with Crippen molar-refractivity contribution in [2.45, 2.75) is 32.0 Å². The molecule has 3 atom stereocenters. The van der Waals surface area contributed by atoms with Crippen molar-refractivity contribution in [3.63, 3.8) is 0 Å². The quantitative estimate of drug-likeness (QED) is 0.293. The number of amides is 1. The number of nitrogens with zero attached hydrogens (tertiary/aromatic N) is 9. The number of halogens is 1. The zero-order chi connectivity index (χ0) is 29.7. The average molecular weight is 581 g/mol. The minimum absolute atomic E-state index is 0.0676. The van der Waals surface area contributed by atoms with E-state index in [-0.39, 0.29) is 36.2 Å². The van der Waals surface area contributed by atoms with E-state index in [1.807, 2.05) is 30.9 Å². The van der Waals surface area contributed by atoms with Crippen LogP contribution in [-0.2, 0) is 12.1 Å². The highest BCUT2D eigenvalue weighted by Crippen LogP contribution is 2.48. The number of piperidine rings is 1. The van der Waals surface area contributed by atoms with Gasteiger partial charge < -0.3 is 15.4 Å². The molecule has 4 aromatic heterocycles. The van der Waals surface area contributed by atoms with Crippen molar-refractivity contribution >= 4 is 5.91 Å². The second kappa shape index (κ2) is 10.3. The lowest BCUT2D eigenvalue weighted by atomic mass is 9.95. The molecule has 0 spiro atoms. The van der Waals surface area contributed by atoms with Gasteiger partial charge in [-0.2, -0.15) is 20.1 Å². The first-order chi connectivity index (χ1) is 20.7. The zero-order valence-corrected chi connectivity index (χ0v) is 23.6. The summed E-state index contributed by atoms with van der Waals surface area (Å²) in [6.45, 7) is 5.16. The molecule has 43 heavy (non-hydrogen) atoms. The Labute approximate surface area is 246 Å². The normalized spacial score (nSPS) is 19.3. The van der Waals surface area contributed by atoms with Crippen molar-refractivity contribution in [1.82, 2.24) is 44.6 Å². The van der Waals surface area contributed by atoms with Crippen LogP contribution in [-0.4, -0.2) is 69.7 Å². The van der Waals surface area contributed by atoms with Crippen LogP contribution in [0.2, 0.25) is 0 Å². The number of fused-ring (bicyclic) bond motifs is 1. The largest absolute Gasteiger partial charge is 0.474 e. The first-order valence-electron chi connectivity index (χ1n) is 14.0. The highest BCUT2D eigenvalue weighted by atomic mass is 19.1. The molecule has 7 rings (SSSR count). The molecule has 1 saturated carbocycles. The number of hydrogen-bond acceptors (Lipinski definition) is 9. The summed E-state index contributed by atoms with van der Waals surface area (Å²) in [6.07, 6.45) is 7.99. The highest BCUT2D eigenvalue weighted by molar-refractivity contribution is 5.95. The van der Waals surface area contributed by atoms with Crippen molar-refractivity contribution < 1.29 is 13.9 Å². The van der Waals surface area contributed by atoms with Crippen LogP contribution in [0.4, 0.5) is 4.39 Å². The Balaban J connectivity index is 1.08. The topological polar surface area (TPSA) is 143 Å². The first-order valence-corrected chi connectivity index (χ1v) is 14.0. The summed E-state index contributed by atoms with van der Waals surface area (Å²) in [5, 5.41) is 12.9. The SMILES string of the molecule is CC(C)(N)c1cc(OC2C3CN(C(=O)c4cn(-c5ncccn5)nc4Cn4nccn4)C[C@H]32)nc(-c2ccc(F)cc2)c1. The summed E-state index contributed by atoms with van der Waals surface area (Å²) in [4.78, 5) is 30.3.